The van der Waals surface area contributed by atoms with Crippen LogP contribution in [0.15, 0.2) is 65.8 Å². The molecule has 0 saturated carbocycles. The summed E-state index contributed by atoms with van der Waals surface area (Å²) in [6.07, 6.45) is 2.33. The van der Waals surface area contributed by atoms with E-state index in [4.69, 9.17) is 14.6 Å². The Hall–Kier alpha value is -3.61. The number of hydrogen-bond acceptors (Lipinski definition) is 5. The number of amides is 1. The fraction of sp³-hybridized carbons (Fsp3) is 0.190. The van der Waals surface area contributed by atoms with Gasteiger partial charge in [-0.3, -0.25) is 4.79 Å². The van der Waals surface area contributed by atoms with Gasteiger partial charge in [0.15, 0.2) is 0 Å². The van der Waals surface area contributed by atoms with Crippen LogP contribution in [-0.4, -0.2) is 41.9 Å². The van der Waals surface area contributed by atoms with Gasteiger partial charge in [0.05, 0.1) is 26.0 Å². The maximum atomic E-state index is 12.6. The van der Waals surface area contributed by atoms with E-state index in [0.29, 0.717) is 12.2 Å². The molecular formula is C21H20N2O5. The summed E-state index contributed by atoms with van der Waals surface area (Å²) < 4.78 is 10.4. The molecular weight excluding hydrogens is 360 g/mol. The number of carbonyl (C=O) groups excluding carboxylic acids is 1. The lowest BCUT2D eigenvalue weighted by Crippen LogP contribution is -2.25. The zero-order valence-corrected chi connectivity index (χ0v) is 15.5. The van der Waals surface area contributed by atoms with E-state index in [-0.39, 0.29) is 6.04 Å². The van der Waals surface area contributed by atoms with E-state index in [0.717, 1.165) is 34.7 Å². The number of rotatable bonds is 6. The minimum absolute atomic E-state index is 0.339. The molecule has 1 atom stereocenters. The minimum atomic E-state index is -1.19. The average Bonchev–Trinajstić information content (AvgIpc) is 3.17. The van der Waals surface area contributed by atoms with E-state index in [2.05, 4.69) is 5.10 Å². The summed E-state index contributed by atoms with van der Waals surface area (Å²) in [6, 6.07) is 14.5. The molecule has 3 rings (SSSR count). The number of aliphatic carboxylic acids is 1. The van der Waals surface area contributed by atoms with Gasteiger partial charge in [0.1, 0.15) is 11.5 Å². The van der Waals surface area contributed by atoms with Crippen LogP contribution in [0.5, 0.6) is 11.5 Å². The molecule has 2 aromatic rings. The first-order valence-electron chi connectivity index (χ1n) is 8.62. The van der Waals surface area contributed by atoms with E-state index < -0.39 is 11.9 Å². The highest BCUT2D eigenvalue weighted by molar-refractivity contribution is 6.04. The fourth-order valence-corrected chi connectivity index (χ4v) is 2.98. The first-order chi connectivity index (χ1) is 13.5. The number of hydrazone groups is 1. The molecule has 0 spiro atoms. The summed E-state index contributed by atoms with van der Waals surface area (Å²) in [5, 5.41) is 14.6. The van der Waals surface area contributed by atoms with E-state index in [9.17, 15) is 9.59 Å². The van der Waals surface area contributed by atoms with Crippen LogP contribution in [0.1, 0.15) is 23.6 Å². The summed E-state index contributed by atoms with van der Waals surface area (Å²) in [5.74, 6) is -0.243. The largest absolute Gasteiger partial charge is 0.497 e. The van der Waals surface area contributed by atoms with Crippen molar-refractivity contribution < 1.29 is 24.2 Å². The predicted molar refractivity (Wildman–Crippen MR) is 104 cm³/mol. The van der Waals surface area contributed by atoms with Crippen molar-refractivity contribution >= 4 is 17.6 Å². The van der Waals surface area contributed by atoms with Crippen molar-refractivity contribution in [2.45, 2.75) is 12.5 Å². The van der Waals surface area contributed by atoms with Crippen molar-refractivity contribution in [3.63, 3.8) is 0 Å². The second kappa shape index (κ2) is 8.39. The molecule has 0 saturated heterocycles. The number of carboxylic acid groups (broad SMARTS) is 1. The van der Waals surface area contributed by atoms with Gasteiger partial charge in [-0.2, -0.15) is 5.10 Å². The number of methoxy groups -OCH3 is 2. The number of benzene rings is 2. The SMILES string of the molecule is COc1ccc(C2=NN(C(=O)/C=C\C(=O)O)[C@H](c3ccc(OC)cc3)C2)cc1. The van der Waals surface area contributed by atoms with Gasteiger partial charge >= 0.3 is 5.97 Å². The summed E-state index contributed by atoms with van der Waals surface area (Å²) in [6.45, 7) is 0. The topological polar surface area (TPSA) is 88.4 Å². The Bertz CT molecular complexity index is 917. The van der Waals surface area contributed by atoms with Gasteiger partial charge in [-0.1, -0.05) is 12.1 Å². The van der Waals surface area contributed by atoms with Crippen molar-refractivity contribution in [2.75, 3.05) is 14.2 Å². The van der Waals surface area contributed by atoms with Crippen molar-refractivity contribution in [1.82, 2.24) is 5.01 Å². The summed E-state index contributed by atoms with van der Waals surface area (Å²) >= 11 is 0. The Kier molecular flexibility index (Phi) is 5.74. The van der Waals surface area contributed by atoms with Crippen molar-refractivity contribution in [3.8, 4) is 11.5 Å². The molecule has 7 heteroatoms. The van der Waals surface area contributed by atoms with Gasteiger partial charge in [-0.15, -0.1) is 0 Å². The quantitative estimate of drug-likeness (QED) is 0.778. The highest BCUT2D eigenvalue weighted by Crippen LogP contribution is 2.34. The molecule has 0 aliphatic carbocycles. The van der Waals surface area contributed by atoms with Crippen LogP contribution in [0.25, 0.3) is 0 Å². The zero-order chi connectivity index (χ0) is 20.1. The lowest BCUT2D eigenvalue weighted by molar-refractivity contribution is -0.132. The van der Waals surface area contributed by atoms with Crippen LogP contribution < -0.4 is 9.47 Å². The van der Waals surface area contributed by atoms with Crippen LogP contribution in [0.2, 0.25) is 0 Å². The van der Waals surface area contributed by atoms with Crippen LogP contribution in [0, 0.1) is 0 Å². The number of hydrogen-bond donors (Lipinski definition) is 1. The van der Waals surface area contributed by atoms with Crippen LogP contribution in [-0.2, 0) is 9.59 Å². The minimum Gasteiger partial charge on any atom is -0.497 e. The second-order valence-electron chi connectivity index (χ2n) is 6.12. The molecule has 28 heavy (non-hydrogen) atoms. The molecule has 1 aliphatic heterocycles. The molecule has 1 amide bonds. The summed E-state index contributed by atoms with van der Waals surface area (Å²) in [7, 11) is 3.18. The number of nitrogens with zero attached hydrogens (tertiary/aromatic N) is 2. The van der Waals surface area contributed by atoms with Gasteiger partial charge < -0.3 is 14.6 Å². The van der Waals surface area contributed by atoms with Crippen LogP contribution >= 0.6 is 0 Å². The maximum absolute atomic E-state index is 12.6. The first kappa shape index (κ1) is 19.2. The van der Waals surface area contributed by atoms with Crippen molar-refractivity contribution in [2.24, 2.45) is 5.10 Å². The fourth-order valence-electron chi connectivity index (χ4n) is 2.98. The maximum Gasteiger partial charge on any atom is 0.328 e. The normalized spacial score (nSPS) is 16.1. The zero-order valence-electron chi connectivity index (χ0n) is 15.5. The van der Waals surface area contributed by atoms with E-state index in [1.807, 2.05) is 48.5 Å². The highest BCUT2D eigenvalue weighted by Gasteiger charge is 2.32. The highest BCUT2D eigenvalue weighted by atomic mass is 16.5. The van der Waals surface area contributed by atoms with Crippen LogP contribution in [0.3, 0.4) is 0 Å². The Labute approximate surface area is 162 Å². The predicted octanol–water partition coefficient (Wildman–Crippen LogP) is 3.02. The Morgan fingerprint density at radius 3 is 2.11 bits per heavy atom. The van der Waals surface area contributed by atoms with E-state index >= 15 is 0 Å². The third-order valence-corrected chi connectivity index (χ3v) is 4.43. The summed E-state index contributed by atoms with van der Waals surface area (Å²) in [4.78, 5) is 23.3. The van der Waals surface area contributed by atoms with Crippen LogP contribution in [0.4, 0.5) is 0 Å². The van der Waals surface area contributed by atoms with Crippen molar-refractivity contribution in [1.29, 1.82) is 0 Å². The molecule has 1 heterocycles. The summed E-state index contributed by atoms with van der Waals surface area (Å²) in [5.41, 5.74) is 2.49. The van der Waals surface area contributed by atoms with Gasteiger partial charge in [-0.25, -0.2) is 9.80 Å². The number of ether oxygens (including phenoxy) is 2. The van der Waals surface area contributed by atoms with E-state index in [1.54, 1.807) is 14.2 Å². The molecule has 144 valence electrons. The lowest BCUT2D eigenvalue weighted by atomic mass is 9.98. The van der Waals surface area contributed by atoms with Crippen molar-refractivity contribution in [3.05, 3.63) is 71.8 Å². The molecule has 1 aliphatic rings. The molecule has 7 nitrogen and oxygen atoms in total. The standard InChI is InChI=1S/C21H20N2O5/c1-27-16-7-3-14(4-8-16)18-13-19(15-5-9-17(28-2)10-6-15)23(22-18)20(24)11-12-21(25)26/h3-12,19H,13H2,1-2H3,(H,25,26)/b12-11-/t19-/m0/s1. The number of carboxylic acids is 1. The molecule has 0 unspecified atom stereocenters. The Morgan fingerprint density at radius 2 is 1.57 bits per heavy atom. The molecule has 0 aromatic heterocycles. The third kappa shape index (κ3) is 4.20. The van der Waals surface area contributed by atoms with Gasteiger partial charge in [-0.05, 0) is 47.5 Å². The Morgan fingerprint density at radius 1 is 1.00 bits per heavy atom. The Balaban J connectivity index is 1.92. The molecule has 0 fully saturated rings. The number of carbonyl (C=O) groups is 2. The smallest absolute Gasteiger partial charge is 0.328 e. The third-order valence-electron chi connectivity index (χ3n) is 4.43. The molecule has 2 aromatic carbocycles. The van der Waals surface area contributed by atoms with Gasteiger partial charge in [0, 0.05) is 18.6 Å². The monoisotopic (exact) mass is 380 g/mol. The van der Waals surface area contributed by atoms with Gasteiger partial charge in [0.25, 0.3) is 5.91 Å². The molecule has 0 radical (unpaired) electrons. The first-order valence-corrected chi connectivity index (χ1v) is 8.62. The second-order valence-corrected chi connectivity index (χ2v) is 6.12. The lowest BCUT2D eigenvalue weighted by Gasteiger charge is -2.20. The van der Waals surface area contributed by atoms with E-state index in [1.165, 1.54) is 5.01 Å². The average molecular weight is 380 g/mol. The molecule has 1 N–H and O–H groups in total. The molecule has 0 bridgehead atoms. The van der Waals surface area contributed by atoms with Gasteiger partial charge in [0.2, 0.25) is 0 Å².